The van der Waals surface area contributed by atoms with Crippen molar-refractivity contribution in [1.29, 1.82) is 0 Å². The van der Waals surface area contributed by atoms with E-state index in [1.165, 1.54) is 7.11 Å². The molecule has 28 heavy (non-hydrogen) atoms. The van der Waals surface area contributed by atoms with E-state index in [2.05, 4.69) is 5.32 Å². The number of nitrogens with one attached hydrogen (secondary N) is 1. The van der Waals surface area contributed by atoms with Crippen LogP contribution in [-0.4, -0.2) is 43.8 Å². The molecule has 1 N–H and O–H groups in total. The Balaban J connectivity index is 1.63. The average Bonchev–Trinajstić information content (AvgIpc) is 3.16. The Labute approximate surface area is 164 Å². The van der Waals surface area contributed by atoms with E-state index in [9.17, 15) is 9.59 Å². The summed E-state index contributed by atoms with van der Waals surface area (Å²) in [4.78, 5) is 26.3. The van der Waals surface area contributed by atoms with Gasteiger partial charge in [0.2, 0.25) is 12.7 Å². The number of hydrogen-bond acceptors (Lipinski definition) is 6. The number of amides is 1. The van der Waals surface area contributed by atoms with Crippen molar-refractivity contribution in [2.24, 2.45) is 0 Å². The lowest BCUT2D eigenvalue weighted by molar-refractivity contribution is -0.117. The average molecular weight is 384 g/mol. The molecule has 1 heterocycles. The van der Waals surface area contributed by atoms with E-state index in [0.29, 0.717) is 24.3 Å². The van der Waals surface area contributed by atoms with Gasteiger partial charge < -0.3 is 19.5 Å². The first-order valence-corrected chi connectivity index (χ1v) is 9.10. The van der Waals surface area contributed by atoms with Crippen LogP contribution in [0.1, 0.15) is 28.4 Å². The minimum absolute atomic E-state index is 0.146. The summed E-state index contributed by atoms with van der Waals surface area (Å²) < 4.78 is 15.5. The van der Waals surface area contributed by atoms with E-state index < -0.39 is 5.97 Å². The van der Waals surface area contributed by atoms with Crippen molar-refractivity contribution in [3.8, 4) is 11.5 Å². The molecule has 0 atom stereocenters. The molecule has 0 fully saturated rings. The summed E-state index contributed by atoms with van der Waals surface area (Å²) in [6.07, 6.45) is 0. The molecule has 0 spiro atoms. The minimum atomic E-state index is -0.437. The highest BCUT2D eigenvalue weighted by Crippen LogP contribution is 2.32. The Bertz CT molecular complexity index is 881. The van der Waals surface area contributed by atoms with E-state index in [1.807, 2.05) is 36.9 Å². The van der Waals surface area contributed by atoms with Crippen molar-refractivity contribution in [3.63, 3.8) is 0 Å². The van der Waals surface area contributed by atoms with Crippen LogP contribution >= 0.6 is 0 Å². The van der Waals surface area contributed by atoms with E-state index in [1.54, 1.807) is 18.2 Å². The highest BCUT2D eigenvalue weighted by molar-refractivity contribution is 5.96. The number of likely N-dealkylation sites (N-methyl/N-ethyl adjacent to an activating group) is 1. The molecular formula is C21H24N2O5. The summed E-state index contributed by atoms with van der Waals surface area (Å²) in [5.74, 6) is 0.889. The lowest BCUT2D eigenvalue weighted by atomic mass is 10.1. The molecule has 1 amide bonds. The van der Waals surface area contributed by atoms with Crippen LogP contribution in [0.15, 0.2) is 36.4 Å². The molecule has 148 valence electrons. The van der Waals surface area contributed by atoms with Gasteiger partial charge in [-0.15, -0.1) is 0 Å². The SMILES string of the molecule is CCN(CC(=O)Nc1cc(C(=O)OC)ccc1C)Cc1ccc2c(c1)OCO2. The molecule has 0 radical (unpaired) electrons. The highest BCUT2D eigenvalue weighted by atomic mass is 16.7. The number of benzene rings is 2. The Morgan fingerprint density at radius 1 is 1.14 bits per heavy atom. The number of aryl methyl sites for hydroxylation is 1. The maximum absolute atomic E-state index is 12.5. The van der Waals surface area contributed by atoms with E-state index in [0.717, 1.165) is 22.6 Å². The summed E-state index contributed by atoms with van der Waals surface area (Å²) in [6, 6.07) is 10.9. The number of rotatable bonds is 7. The molecule has 7 nitrogen and oxygen atoms in total. The fraction of sp³-hybridized carbons (Fsp3) is 0.333. The molecule has 0 aliphatic carbocycles. The topological polar surface area (TPSA) is 77.1 Å². The summed E-state index contributed by atoms with van der Waals surface area (Å²) in [7, 11) is 1.33. The van der Waals surface area contributed by atoms with Crippen LogP contribution < -0.4 is 14.8 Å². The molecule has 3 rings (SSSR count). The van der Waals surface area contributed by atoms with Crippen LogP contribution in [0.5, 0.6) is 11.5 Å². The summed E-state index contributed by atoms with van der Waals surface area (Å²) in [5.41, 5.74) is 2.92. The van der Waals surface area contributed by atoms with Crippen LogP contribution in [0.3, 0.4) is 0 Å². The second kappa shape index (κ2) is 8.75. The standard InChI is InChI=1S/C21H24N2O5/c1-4-23(11-15-6-8-18-19(9-15)28-13-27-18)12-20(24)22-17-10-16(21(25)26-3)7-5-14(17)2/h5-10H,4,11-13H2,1-3H3,(H,22,24). The van der Waals surface area contributed by atoms with Gasteiger partial charge in [-0.3, -0.25) is 9.69 Å². The van der Waals surface area contributed by atoms with Crippen LogP contribution in [-0.2, 0) is 16.1 Å². The first-order chi connectivity index (χ1) is 13.5. The van der Waals surface area contributed by atoms with Crippen LogP contribution in [0.2, 0.25) is 0 Å². The first kappa shape index (κ1) is 19.7. The predicted molar refractivity (Wildman–Crippen MR) is 105 cm³/mol. The van der Waals surface area contributed by atoms with Crippen molar-refractivity contribution >= 4 is 17.6 Å². The van der Waals surface area contributed by atoms with Gasteiger partial charge in [-0.25, -0.2) is 4.79 Å². The molecule has 0 unspecified atom stereocenters. The molecule has 0 aromatic heterocycles. The number of anilines is 1. The van der Waals surface area contributed by atoms with Crippen LogP contribution in [0, 0.1) is 6.92 Å². The quantitative estimate of drug-likeness (QED) is 0.740. The molecule has 0 bridgehead atoms. The smallest absolute Gasteiger partial charge is 0.337 e. The number of fused-ring (bicyclic) bond motifs is 1. The van der Waals surface area contributed by atoms with Gasteiger partial charge in [0.05, 0.1) is 19.2 Å². The second-order valence-electron chi connectivity index (χ2n) is 6.56. The number of nitrogens with zero attached hydrogens (tertiary/aromatic N) is 1. The van der Waals surface area contributed by atoms with Crippen molar-refractivity contribution in [3.05, 3.63) is 53.1 Å². The summed E-state index contributed by atoms with van der Waals surface area (Å²) in [5, 5.41) is 2.89. The van der Waals surface area contributed by atoms with Gasteiger partial charge in [0.25, 0.3) is 0 Å². The maximum atomic E-state index is 12.5. The Hall–Kier alpha value is -3.06. The molecule has 0 saturated carbocycles. The number of carbonyl (C=O) groups excluding carboxylic acids is 2. The zero-order valence-corrected chi connectivity index (χ0v) is 16.3. The molecule has 1 aliphatic rings. The Kier molecular flexibility index (Phi) is 6.16. The highest BCUT2D eigenvalue weighted by Gasteiger charge is 2.16. The fourth-order valence-electron chi connectivity index (χ4n) is 2.97. The van der Waals surface area contributed by atoms with Crippen molar-refractivity contribution < 1.29 is 23.8 Å². The molecule has 7 heteroatoms. The van der Waals surface area contributed by atoms with Gasteiger partial charge in [-0.1, -0.05) is 19.1 Å². The lowest BCUT2D eigenvalue weighted by Crippen LogP contribution is -2.33. The number of hydrogen-bond donors (Lipinski definition) is 1. The third-order valence-electron chi connectivity index (χ3n) is 4.59. The zero-order valence-electron chi connectivity index (χ0n) is 16.3. The molecule has 2 aromatic rings. The van der Waals surface area contributed by atoms with Crippen LogP contribution in [0.4, 0.5) is 5.69 Å². The third-order valence-corrected chi connectivity index (χ3v) is 4.59. The molecule has 2 aromatic carbocycles. The number of carbonyl (C=O) groups is 2. The number of esters is 1. The molecule has 0 saturated heterocycles. The predicted octanol–water partition coefficient (Wildman–Crippen LogP) is 2.97. The van der Waals surface area contributed by atoms with Crippen molar-refractivity contribution in [2.75, 3.05) is 32.3 Å². The zero-order chi connectivity index (χ0) is 20.1. The van der Waals surface area contributed by atoms with Gasteiger partial charge in [0.15, 0.2) is 11.5 Å². The third kappa shape index (κ3) is 4.61. The van der Waals surface area contributed by atoms with Gasteiger partial charge in [0, 0.05) is 12.2 Å². The monoisotopic (exact) mass is 384 g/mol. The van der Waals surface area contributed by atoms with Crippen molar-refractivity contribution in [1.82, 2.24) is 4.90 Å². The number of ether oxygens (including phenoxy) is 3. The van der Waals surface area contributed by atoms with Gasteiger partial charge in [-0.2, -0.15) is 0 Å². The Morgan fingerprint density at radius 2 is 1.93 bits per heavy atom. The number of methoxy groups -OCH3 is 1. The largest absolute Gasteiger partial charge is 0.465 e. The fourth-order valence-corrected chi connectivity index (χ4v) is 2.97. The van der Waals surface area contributed by atoms with E-state index in [4.69, 9.17) is 14.2 Å². The summed E-state index contributed by atoms with van der Waals surface area (Å²) >= 11 is 0. The maximum Gasteiger partial charge on any atom is 0.337 e. The van der Waals surface area contributed by atoms with Crippen molar-refractivity contribution in [2.45, 2.75) is 20.4 Å². The minimum Gasteiger partial charge on any atom is -0.465 e. The second-order valence-corrected chi connectivity index (χ2v) is 6.56. The molecular weight excluding hydrogens is 360 g/mol. The van der Waals surface area contributed by atoms with Gasteiger partial charge in [-0.05, 0) is 48.9 Å². The lowest BCUT2D eigenvalue weighted by Gasteiger charge is -2.20. The first-order valence-electron chi connectivity index (χ1n) is 9.10. The summed E-state index contributed by atoms with van der Waals surface area (Å²) in [6.45, 7) is 5.67. The van der Waals surface area contributed by atoms with Crippen LogP contribution in [0.25, 0.3) is 0 Å². The van der Waals surface area contributed by atoms with E-state index in [-0.39, 0.29) is 19.2 Å². The van der Waals surface area contributed by atoms with Gasteiger partial charge >= 0.3 is 5.97 Å². The Morgan fingerprint density at radius 3 is 2.68 bits per heavy atom. The molecule has 1 aliphatic heterocycles. The van der Waals surface area contributed by atoms with E-state index >= 15 is 0 Å². The normalized spacial score (nSPS) is 12.1. The van der Waals surface area contributed by atoms with Gasteiger partial charge in [0.1, 0.15) is 0 Å².